The molecule has 0 aliphatic rings. The first kappa shape index (κ1) is 14.9. The van der Waals surface area contributed by atoms with Gasteiger partial charge in [-0.15, -0.1) is 0 Å². The molecule has 0 bridgehead atoms. The fourth-order valence-corrected chi connectivity index (χ4v) is 2.26. The van der Waals surface area contributed by atoms with Gasteiger partial charge in [-0.3, -0.25) is 10.1 Å². The minimum Gasteiger partial charge on any atom is -0.393 e. The first-order valence-corrected chi connectivity index (χ1v) is 6.31. The van der Waals surface area contributed by atoms with Gasteiger partial charge in [0.15, 0.2) is 0 Å². The first-order chi connectivity index (χ1) is 8.32. The number of rotatable bonds is 5. The van der Waals surface area contributed by atoms with Crippen LogP contribution in [-0.2, 0) is 6.42 Å². The van der Waals surface area contributed by atoms with Crippen LogP contribution in [0, 0.1) is 22.0 Å². The van der Waals surface area contributed by atoms with Crippen molar-refractivity contribution in [2.45, 2.75) is 33.3 Å². The second kappa shape index (κ2) is 6.16. The van der Waals surface area contributed by atoms with Crippen molar-refractivity contribution in [2.75, 3.05) is 0 Å². The number of nitro benzene ring substituents is 1. The number of halogens is 1. The van der Waals surface area contributed by atoms with Gasteiger partial charge in [-0.1, -0.05) is 31.5 Å². The number of aliphatic hydroxyl groups is 1. The van der Waals surface area contributed by atoms with Crippen molar-refractivity contribution in [3.05, 3.63) is 38.9 Å². The molecule has 1 aromatic carbocycles. The molecule has 0 amide bonds. The third kappa shape index (κ3) is 3.68. The zero-order chi connectivity index (χ0) is 13.9. The number of benzene rings is 1. The molecule has 0 aliphatic heterocycles. The lowest BCUT2D eigenvalue weighted by Crippen LogP contribution is -2.24. The van der Waals surface area contributed by atoms with Crippen LogP contribution < -0.4 is 0 Å². The van der Waals surface area contributed by atoms with E-state index in [1.807, 2.05) is 13.8 Å². The number of nitro groups is 1. The lowest BCUT2D eigenvalue weighted by Gasteiger charge is -2.23. The zero-order valence-corrected chi connectivity index (χ0v) is 11.5. The van der Waals surface area contributed by atoms with Crippen molar-refractivity contribution < 1.29 is 10.0 Å². The number of hydrogen-bond acceptors (Lipinski definition) is 3. The Morgan fingerprint density at radius 3 is 2.44 bits per heavy atom. The van der Waals surface area contributed by atoms with Crippen LogP contribution in [0.4, 0.5) is 5.69 Å². The SMILES string of the molecule is CC(C)C(Cc1ccc(Cl)cc1[N+](=O)[O-])C(C)O. The van der Waals surface area contributed by atoms with Gasteiger partial charge in [0.05, 0.1) is 11.0 Å². The molecule has 0 aliphatic carbocycles. The highest BCUT2D eigenvalue weighted by molar-refractivity contribution is 6.30. The van der Waals surface area contributed by atoms with Crippen LogP contribution in [0.1, 0.15) is 26.3 Å². The first-order valence-electron chi connectivity index (χ1n) is 5.93. The summed E-state index contributed by atoms with van der Waals surface area (Å²) in [6, 6.07) is 4.66. The zero-order valence-electron chi connectivity index (χ0n) is 10.8. The van der Waals surface area contributed by atoms with E-state index in [2.05, 4.69) is 0 Å². The highest BCUT2D eigenvalue weighted by Gasteiger charge is 2.23. The quantitative estimate of drug-likeness (QED) is 0.659. The van der Waals surface area contributed by atoms with Gasteiger partial charge >= 0.3 is 0 Å². The van der Waals surface area contributed by atoms with Crippen LogP contribution in [0.2, 0.25) is 5.02 Å². The molecular formula is C13H18ClNO3. The van der Waals surface area contributed by atoms with Crippen molar-refractivity contribution in [2.24, 2.45) is 11.8 Å². The fraction of sp³-hybridized carbons (Fsp3) is 0.538. The molecule has 5 heteroatoms. The summed E-state index contributed by atoms with van der Waals surface area (Å²) in [7, 11) is 0. The van der Waals surface area contributed by atoms with E-state index in [1.165, 1.54) is 6.07 Å². The Balaban J connectivity index is 3.06. The molecule has 0 fully saturated rings. The number of aliphatic hydroxyl groups excluding tert-OH is 1. The Bertz CT molecular complexity index is 424. The molecule has 0 saturated carbocycles. The minimum atomic E-state index is -0.500. The normalized spacial score (nSPS) is 14.6. The molecular weight excluding hydrogens is 254 g/mol. The third-order valence-electron chi connectivity index (χ3n) is 3.18. The van der Waals surface area contributed by atoms with E-state index in [9.17, 15) is 15.2 Å². The Kier molecular flexibility index (Phi) is 5.11. The Morgan fingerprint density at radius 2 is 2.00 bits per heavy atom. The monoisotopic (exact) mass is 271 g/mol. The fourth-order valence-electron chi connectivity index (χ4n) is 2.10. The summed E-state index contributed by atoms with van der Waals surface area (Å²) in [5.41, 5.74) is 0.637. The van der Waals surface area contributed by atoms with Crippen LogP contribution in [0.15, 0.2) is 18.2 Å². The van der Waals surface area contributed by atoms with Crippen LogP contribution in [0.3, 0.4) is 0 Å². The molecule has 4 nitrogen and oxygen atoms in total. The second-order valence-corrected chi connectivity index (χ2v) is 5.32. The summed E-state index contributed by atoms with van der Waals surface area (Å²) >= 11 is 5.77. The van der Waals surface area contributed by atoms with E-state index in [0.29, 0.717) is 17.0 Å². The molecule has 18 heavy (non-hydrogen) atoms. The van der Waals surface area contributed by atoms with Crippen LogP contribution in [0.25, 0.3) is 0 Å². The summed E-state index contributed by atoms with van der Waals surface area (Å²) < 4.78 is 0. The van der Waals surface area contributed by atoms with E-state index in [-0.39, 0.29) is 17.5 Å². The van der Waals surface area contributed by atoms with E-state index in [0.717, 1.165) is 0 Å². The predicted molar refractivity (Wildman–Crippen MR) is 71.8 cm³/mol. The highest BCUT2D eigenvalue weighted by Crippen LogP contribution is 2.28. The van der Waals surface area contributed by atoms with Gasteiger partial charge in [0.25, 0.3) is 5.69 Å². The van der Waals surface area contributed by atoms with Crippen molar-refractivity contribution in [1.29, 1.82) is 0 Å². The summed E-state index contributed by atoms with van der Waals surface area (Å²) in [6.45, 7) is 5.71. The van der Waals surface area contributed by atoms with Gasteiger partial charge in [0.1, 0.15) is 0 Å². The van der Waals surface area contributed by atoms with Gasteiger partial charge in [-0.2, -0.15) is 0 Å². The van der Waals surface area contributed by atoms with Crippen LogP contribution in [0.5, 0.6) is 0 Å². The van der Waals surface area contributed by atoms with Crippen molar-refractivity contribution in [3.8, 4) is 0 Å². The van der Waals surface area contributed by atoms with Gasteiger partial charge < -0.3 is 5.11 Å². The lowest BCUT2D eigenvalue weighted by molar-refractivity contribution is -0.385. The molecule has 1 N–H and O–H groups in total. The molecule has 2 unspecified atom stereocenters. The van der Waals surface area contributed by atoms with E-state index in [1.54, 1.807) is 19.1 Å². The molecule has 0 radical (unpaired) electrons. The predicted octanol–water partition coefficient (Wildman–Crippen LogP) is 3.44. The van der Waals surface area contributed by atoms with Gasteiger partial charge in [0, 0.05) is 16.7 Å². The molecule has 0 heterocycles. The smallest absolute Gasteiger partial charge is 0.274 e. The maximum absolute atomic E-state index is 11.0. The third-order valence-corrected chi connectivity index (χ3v) is 3.41. The average molecular weight is 272 g/mol. The van der Waals surface area contributed by atoms with E-state index >= 15 is 0 Å². The van der Waals surface area contributed by atoms with Crippen LogP contribution >= 0.6 is 11.6 Å². The number of nitrogens with zero attached hydrogens (tertiary/aromatic N) is 1. The summed E-state index contributed by atoms with van der Waals surface area (Å²) in [5, 5.41) is 21.1. The summed E-state index contributed by atoms with van der Waals surface area (Å²) in [6.07, 6.45) is -0.0247. The Hall–Kier alpha value is -1.13. The molecule has 1 aromatic rings. The maximum atomic E-state index is 11.0. The van der Waals surface area contributed by atoms with Crippen LogP contribution in [-0.4, -0.2) is 16.1 Å². The summed E-state index contributed by atoms with van der Waals surface area (Å²) in [5.74, 6) is 0.241. The van der Waals surface area contributed by atoms with Crippen molar-refractivity contribution in [1.82, 2.24) is 0 Å². The van der Waals surface area contributed by atoms with Gasteiger partial charge in [-0.25, -0.2) is 0 Å². The Labute approximate surface area is 112 Å². The molecule has 0 spiro atoms. The van der Waals surface area contributed by atoms with E-state index < -0.39 is 11.0 Å². The molecule has 2 atom stereocenters. The maximum Gasteiger partial charge on any atom is 0.274 e. The summed E-state index contributed by atoms with van der Waals surface area (Å²) in [4.78, 5) is 10.5. The van der Waals surface area contributed by atoms with Gasteiger partial charge in [0.2, 0.25) is 0 Å². The largest absolute Gasteiger partial charge is 0.393 e. The van der Waals surface area contributed by atoms with E-state index in [4.69, 9.17) is 11.6 Å². The molecule has 0 aromatic heterocycles. The average Bonchev–Trinajstić information content (AvgIpc) is 2.25. The topological polar surface area (TPSA) is 63.4 Å². The molecule has 100 valence electrons. The van der Waals surface area contributed by atoms with Gasteiger partial charge in [-0.05, 0) is 31.2 Å². The highest BCUT2D eigenvalue weighted by atomic mass is 35.5. The number of hydrogen-bond donors (Lipinski definition) is 1. The van der Waals surface area contributed by atoms with Crippen molar-refractivity contribution >= 4 is 17.3 Å². The lowest BCUT2D eigenvalue weighted by atomic mass is 9.85. The Morgan fingerprint density at radius 1 is 1.39 bits per heavy atom. The molecule has 1 rings (SSSR count). The molecule has 0 saturated heterocycles. The minimum absolute atomic E-state index is 0.00937. The van der Waals surface area contributed by atoms with Crippen molar-refractivity contribution in [3.63, 3.8) is 0 Å². The second-order valence-electron chi connectivity index (χ2n) is 4.88. The standard InChI is InChI=1S/C13H18ClNO3/c1-8(2)12(9(3)16)6-10-4-5-11(14)7-13(10)15(17)18/h4-5,7-9,12,16H,6H2,1-3H3.